The Labute approximate surface area is 191 Å². The highest BCUT2D eigenvalue weighted by molar-refractivity contribution is 9.10. The van der Waals surface area contributed by atoms with Crippen LogP contribution in [0, 0.1) is 5.92 Å². The first-order chi connectivity index (χ1) is 15.0. The van der Waals surface area contributed by atoms with Crippen molar-refractivity contribution >= 4 is 33.6 Å². The average Bonchev–Trinajstić information content (AvgIpc) is 3.45. The predicted octanol–water partition coefficient (Wildman–Crippen LogP) is 4.32. The van der Waals surface area contributed by atoms with Gasteiger partial charge in [-0.25, -0.2) is 4.79 Å². The maximum atomic E-state index is 13.0. The smallest absolute Gasteiger partial charge is 0.318 e. The van der Waals surface area contributed by atoms with Crippen LogP contribution in [0.1, 0.15) is 42.9 Å². The summed E-state index contributed by atoms with van der Waals surface area (Å²) in [5.41, 5.74) is 8.64. The van der Waals surface area contributed by atoms with Crippen LogP contribution in [0.25, 0.3) is 0 Å². The van der Waals surface area contributed by atoms with E-state index in [1.54, 1.807) is 0 Å². The van der Waals surface area contributed by atoms with Crippen LogP contribution < -0.4 is 11.1 Å². The Bertz CT molecular complexity index is 929. The van der Waals surface area contributed by atoms with Gasteiger partial charge in [0.05, 0.1) is 12.6 Å². The van der Waals surface area contributed by atoms with E-state index in [0.717, 1.165) is 47.8 Å². The molecule has 1 unspecified atom stereocenters. The van der Waals surface area contributed by atoms with Crippen LogP contribution in [0.3, 0.4) is 0 Å². The summed E-state index contributed by atoms with van der Waals surface area (Å²) in [4.78, 5) is 29.6. The lowest BCUT2D eigenvalue weighted by atomic mass is 10.0. The number of rotatable bonds is 7. The lowest BCUT2D eigenvalue weighted by Gasteiger charge is -2.27. The van der Waals surface area contributed by atoms with Crippen LogP contribution in [0.2, 0.25) is 0 Å². The number of nitrogen functional groups attached to an aromatic ring is 1. The van der Waals surface area contributed by atoms with E-state index in [0.29, 0.717) is 24.7 Å². The third-order valence-electron chi connectivity index (χ3n) is 6.04. The van der Waals surface area contributed by atoms with Gasteiger partial charge in [0.25, 0.3) is 0 Å². The Morgan fingerprint density at radius 1 is 1.10 bits per heavy atom. The molecule has 2 aromatic rings. The molecule has 2 fully saturated rings. The lowest BCUT2D eigenvalue weighted by Crippen LogP contribution is -2.45. The molecule has 1 aliphatic heterocycles. The van der Waals surface area contributed by atoms with Crippen molar-refractivity contribution in [2.75, 3.05) is 25.4 Å². The number of benzene rings is 2. The molecule has 7 heteroatoms. The minimum absolute atomic E-state index is 0.0166. The minimum atomic E-state index is -0.186. The second-order valence-corrected chi connectivity index (χ2v) is 9.35. The number of amides is 3. The van der Waals surface area contributed by atoms with E-state index in [1.165, 1.54) is 0 Å². The third kappa shape index (κ3) is 5.58. The van der Waals surface area contributed by atoms with Gasteiger partial charge < -0.3 is 20.9 Å². The highest BCUT2D eigenvalue weighted by atomic mass is 79.9. The zero-order valence-electron chi connectivity index (χ0n) is 17.6. The van der Waals surface area contributed by atoms with Crippen LogP contribution in [-0.4, -0.2) is 41.4 Å². The van der Waals surface area contributed by atoms with Crippen LogP contribution in [0.4, 0.5) is 10.5 Å². The Hall–Kier alpha value is -2.54. The number of nitrogens with one attached hydrogen (secondary N) is 1. The third-order valence-corrected chi connectivity index (χ3v) is 6.77. The van der Waals surface area contributed by atoms with Crippen molar-refractivity contribution in [3.05, 3.63) is 64.1 Å². The van der Waals surface area contributed by atoms with Crippen LogP contribution in [-0.2, 0) is 11.3 Å². The molecular weight excluding hydrogens is 456 g/mol. The Balaban J connectivity index is 1.36. The van der Waals surface area contributed by atoms with Gasteiger partial charge >= 0.3 is 6.03 Å². The summed E-state index contributed by atoms with van der Waals surface area (Å²) in [6.07, 6.45) is 4.22. The first-order valence-electron chi connectivity index (χ1n) is 10.9. The molecule has 1 aliphatic carbocycles. The summed E-state index contributed by atoms with van der Waals surface area (Å²) in [6, 6.07) is 15.5. The summed E-state index contributed by atoms with van der Waals surface area (Å²) in [5.74, 6) is 0.527. The highest BCUT2D eigenvalue weighted by Gasteiger charge is 2.32. The Morgan fingerprint density at radius 3 is 2.55 bits per heavy atom. The van der Waals surface area contributed by atoms with Crippen molar-refractivity contribution in [2.45, 2.75) is 38.3 Å². The van der Waals surface area contributed by atoms with Crippen molar-refractivity contribution in [2.24, 2.45) is 5.92 Å². The van der Waals surface area contributed by atoms with Gasteiger partial charge in [-0.3, -0.25) is 4.79 Å². The van der Waals surface area contributed by atoms with E-state index in [1.807, 2.05) is 52.3 Å². The van der Waals surface area contributed by atoms with E-state index < -0.39 is 0 Å². The molecule has 31 heavy (non-hydrogen) atoms. The normalized spacial score (nSPS) is 18.1. The maximum absolute atomic E-state index is 13.0. The molecule has 2 aromatic carbocycles. The van der Waals surface area contributed by atoms with Gasteiger partial charge in [0, 0.05) is 29.8 Å². The molecule has 0 spiro atoms. The lowest BCUT2D eigenvalue weighted by molar-refractivity contribution is -0.131. The first kappa shape index (κ1) is 21.7. The van der Waals surface area contributed by atoms with Gasteiger partial charge in [0.2, 0.25) is 5.91 Å². The second kappa shape index (κ2) is 9.73. The van der Waals surface area contributed by atoms with E-state index in [9.17, 15) is 9.59 Å². The number of carbonyl (C=O) groups excluding carboxylic acids is 2. The van der Waals surface area contributed by atoms with Crippen molar-refractivity contribution in [3.63, 3.8) is 0 Å². The second-order valence-electron chi connectivity index (χ2n) is 8.49. The van der Waals surface area contributed by atoms with E-state index >= 15 is 0 Å². The molecule has 1 heterocycles. The highest BCUT2D eigenvalue weighted by Crippen LogP contribution is 2.35. The summed E-state index contributed by atoms with van der Waals surface area (Å²) >= 11 is 3.61. The number of hydrogen-bond acceptors (Lipinski definition) is 3. The van der Waals surface area contributed by atoms with E-state index in [-0.39, 0.29) is 24.5 Å². The van der Waals surface area contributed by atoms with E-state index in [4.69, 9.17) is 5.73 Å². The number of nitrogens with zero attached hydrogens (tertiary/aromatic N) is 2. The number of carbonyl (C=O) groups is 2. The quantitative estimate of drug-likeness (QED) is 0.574. The zero-order chi connectivity index (χ0) is 21.8. The fourth-order valence-corrected chi connectivity index (χ4v) is 4.72. The number of urea groups is 1. The molecular formula is C24H29BrN4O2. The molecule has 1 saturated carbocycles. The first-order valence-corrected chi connectivity index (χ1v) is 11.7. The van der Waals surface area contributed by atoms with Crippen molar-refractivity contribution in [3.8, 4) is 0 Å². The molecule has 1 atom stereocenters. The molecule has 4 rings (SSSR count). The molecule has 3 amide bonds. The standard InChI is InChI=1S/C24H29BrN4O2/c25-21-5-2-1-4-20(21)22-6-3-13-29(22)23(30)14-27-24(31)28(15-17-7-8-17)16-18-9-11-19(26)12-10-18/h1-2,4-5,9-12,17,22H,3,6-8,13-16,26H2,(H,27,31). The van der Waals surface area contributed by atoms with Crippen LogP contribution >= 0.6 is 15.9 Å². The number of hydrogen-bond donors (Lipinski definition) is 2. The van der Waals surface area contributed by atoms with Gasteiger partial charge in [-0.15, -0.1) is 0 Å². The Kier molecular flexibility index (Phi) is 6.80. The summed E-state index contributed by atoms with van der Waals surface area (Å²) < 4.78 is 1.02. The van der Waals surface area contributed by atoms with Gasteiger partial charge in [-0.2, -0.15) is 0 Å². The van der Waals surface area contributed by atoms with Gasteiger partial charge in [-0.05, 0) is 60.9 Å². The predicted molar refractivity (Wildman–Crippen MR) is 125 cm³/mol. The van der Waals surface area contributed by atoms with Crippen LogP contribution in [0.5, 0.6) is 0 Å². The number of halogens is 1. The molecule has 0 radical (unpaired) electrons. The minimum Gasteiger partial charge on any atom is -0.399 e. The summed E-state index contributed by atoms with van der Waals surface area (Å²) in [7, 11) is 0. The van der Waals surface area contributed by atoms with Crippen molar-refractivity contribution in [1.82, 2.24) is 15.1 Å². The summed E-state index contributed by atoms with van der Waals surface area (Å²) in [5, 5.41) is 2.87. The maximum Gasteiger partial charge on any atom is 0.318 e. The molecule has 3 N–H and O–H groups in total. The van der Waals surface area contributed by atoms with Crippen molar-refractivity contribution in [1.29, 1.82) is 0 Å². The molecule has 0 aromatic heterocycles. The van der Waals surface area contributed by atoms with Gasteiger partial charge in [-0.1, -0.05) is 46.3 Å². The number of likely N-dealkylation sites (tertiary alicyclic amines) is 1. The van der Waals surface area contributed by atoms with Gasteiger partial charge in [0.1, 0.15) is 0 Å². The largest absolute Gasteiger partial charge is 0.399 e. The fraction of sp³-hybridized carbons (Fsp3) is 0.417. The Morgan fingerprint density at radius 2 is 1.84 bits per heavy atom. The molecule has 2 aliphatic rings. The number of nitrogens with two attached hydrogens (primary N) is 1. The van der Waals surface area contributed by atoms with E-state index in [2.05, 4.69) is 27.3 Å². The molecule has 0 bridgehead atoms. The SMILES string of the molecule is Nc1ccc(CN(CC2CC2)C(=O)NCC(=O)N2CCCC2c2ccccc2Br)cc1. The average molecular weight is 485 g/mol. The molecule has 6 nitrogen and oxygen atoms in total. The summed E-state index contributed by atoms with van der Waals surface area (Å²) in [6.45, 7) is 1.97. The van der Waals surface area contributed by atoms with Gasteiger partial charge in [0.15, 0.2) is 0 Å². The topological polar surface area (TPSA) is 78.7 Å². The monoisotopic (exact) mass is 484 g/mol. The fourth-order valence-electron chi connectivity index (χ4n) is 4.17. The molecule has 164 valence electrons. The van der Waals surface area contributed by atoms with Crippen LogP contribution in [0.15, 0.2) is 53.0 Å². The molecule has 1 saturated heterocycles. The van der Waals surface area contributed by atoms with Crippen molar-refractivity contribution < 1.29 is 9.59 Å². The zero-order valence-corrected chi connectivity index (χ0v) is 19.2. The number of anilines is 1.